The molecule has 1 fully saturated rings. The molecule has 0 spiro atoms. The van der Waals surface area contributed by atoms with Gasteiger partial charge in [0.15, 0.2) is 11.5 Å². The summed E-state index contributed by atoms with van der Waals surface area (Å²) in [5, 5.41) is 2.05. The van der Waals surface area contributed by atoms with E-state index in [1.165, 1.54) is 36.4 Å². The zero-order valence-electron chi connectivity index (χ0n) is 18.6. The lowest BCUT2D eigenvalue weighted by molar-refractivity contribution is -0.122. The van der Waals surface area contributed by atoms with Gasteiger partial charge in [0.25, 0.3) is 11.8 Å². The van der Waals surface area contributed by atoms with E-state index in [1.807, 2.05) is 0 Å². The van der Waals surface area contributed by atoms with Crippen molar-refractivity contribution >= 4 is 29.6 Å². The van der Waals surface area contributed by atoms with Crippen molar-refractivity contribution in [1.29, 1.82) is 0 Å². The number of anilines is 1. The molecule has 0 aliphatic carbocycles. The van der Waals surface area contributed by atoms with E-state index in [1.54, 1.807) is 37.3 Å². The Kier molecular flexibility index (Phi) is 6.86. The summed E-state index contributed by atoms with van der Waals surface area (Å²) in [6.07, 6.45) is 1.26. The van der Waals surface area contributed by atoms with Crippen molar-refractivity contribution in [3.63, 3.8) is 0 Å². The van der Waals surface area contributed by atoms with Crippen LogP contribution < -0.4 is 19.7 Å². The minimum absolute atomic E-state index is 0.0339. The Morgan fingerprint density at radius 2 is 1.60 bits per heavy atom. The molecule has 0 bridgehead atoms. The molecular weight excluding hydrogens is 458 g/mol. The quantitative estimate of drug-likeness (QED) is 0.396. The van der Waals surface area contributed by atoms with E-state index in [2.05, 4.69) is 5.32 Å². The Labute approximate surface area is 199 Å². The molecule has 1 N–H and O–H groups in total. The van der Waals surface area contributed by atoms with Gasteiger partial charge in [0.2, 0.25) is 0 Å². The molecule has 1 aliphatic heterocycles. The van der Waals surface area contributed by atoms with Crippen molar-refractivity contribution in [3.8, 4) is 11.5 Å². The zero-order chi connectivity index (χ0) is 24.9. The Morgan fingerprint density at radius 1 is 0.886 bits per heavy atom. The van der Waals surface area contributed by atoms with Crippen LogP contribution in [0.15, 0.2) is 72.3 Å². The van der Waals surface area contributed by atoms with Gasteiger partial charge in [-0.25, -0.2) is 18.5 Å². The van der Waals surface area contributed by atoms with E-state index in [0.717, 1.165) is 6.07 Å². The number of carbonyl (C=O) groups excluding carboxylic acids is 3. The Morgan fingerprint density at radius 3 is 2.31 bits per heavy atom. The van der Waals surface area contributed by atoms with Crippen LogP contribution in [0.5, 0.6) is 11.5 Å². The summed E-state index contributed by atoms with van der Waals surface area (Å²) in [5.74, 6) is -2.43. The van der Waals surface area contributed by atoms with Gasteiger partial charge in [-0.05, 0) is 48.9 Å². The maximum Gasteiger partial charge on any atom is 0.336 e. The van der Waals surface area contributed by atoms with Gasteiger partial charge in [0, 0.05) is 5.56 Å². The molecule has 0 aromatic heterocycles. The van der Waals surface area contributed by atoms with Crippen molar-refractivity contribution in [2.24, 2.45) is 0 Å². The van der Waals surface area contributed by atoms with Gasteiger partial charge < -0.3 is 9.47 Å². The third kappa shape index (κ3) is 5.03. The molecule has 1 aliphatic rings. The largest absolute Gasteiger partial charge is 0.490 e. The average Bonchev–Trinajstić information content (AvgIpc) is 2.83. The molecule has 9 heteroatoms. The smallest absolute Gasteiger partial charge is 0.336 e. The summed E-state index contributed by atoms with van der Waals surface area (Å²) in [6, 6.07) is 15.1. The molecule has 3 aromatic rings. The SMILES string of the molecule is CCOc1cc(C=C2C(=O)NC(=O)N(c3ccccc3F)C2=O)ccc1OCc1ccccc1F. The van der Waals surface area contributed by atoms with Crippen LogP contribution in [0.25, 0.3) is 6.08 Å². The van der Waals surface area contributed by atoms with E-state index >= 15 is 0 Å². The van der Waals surface area contributed by atoms with Gasteiger partial charge in [-0.1, -0.05) is 36.4 Å². The van der Waals surface area contributed by atoms with Crippen LogP contribution in [0.4, 0.5) is 19.3 Å². The molecule has 7 nitrogen and oxygen atoms in total. The zero-order valence-corrected chi connectivity index (χ0v) is 18.6. The summed E-state index contributed by atoms with van der Waals surface area (Å²) in [7, 11) is 0. The Hall–Kier alpha value is -4.53. The number of urea groups is 1. The van der Waals surface area contributed by atoms with Crippen LogP contribution >= 0.6 is 0 Å². The third-order valence-electron chi connectivity index (χ3n) is 5.11. The van der Waals surface area contributed by atoms with E-state index in [9.17, 15) is 23.2 Å². The van der Waals surface area contributed by atoms with Gasteiger partial charge in [0.05, 0.1) is 12.3 Å². The van der Waals surface area contributed by atoms with Crippen molar-refractivity contribution in [2.75, 3.05) is 11.5 Å². The lowest BCUT2D eigenvalue weighted by Crippen LogP contribution is -2.54. The first kappa shape index (κ1) is 23.6. The maximum atomic E-state index is 14.2. The van der Waals surface area contributed by atoms with E-state index in [4.69, 9.17) is 9.47 Å². The van der Waals surface area contributed by atoms with Crippen LogP contribution in [0.2, 0.25) is 0 Å². The minimum Gasteiger partial charge on any atom is -0.490 e. The molecule has 0 atom stereocenters. The molecule has 1 saturated heterocycles. The summed E-state index contributed by atoms with van der Waals surface area (Å²) in [6.45, 7) is 2.03. The molecule has 178 valence electrons. The fraction of sp³-hybridized carbons (Fsp3) is 0.115. The van der Waals surface area contributed by atoms with Crippen molar-refractivity contribution in [1.82, 2.24) is 5.32 Å². The fourth-order valence-electron chi connectivity index (χ4n) is 3.45. The van der Waals surface area contributed by atoms with Crippen LogP contribution in [-0.4, -0.2) is 24.5 Å². The number of rotatable bonds is 7. The van der Waals surface area contributed by atoms with Gasteiger partial charge >= 0.3 is 6.03 Å². The van der Waals surface area contributed by atoms with Crippen LogP contribution in [0, 0.1) is 11.6 Å². The monoisotopic (exact) mass is 478 g/mol. The average molecular weight is 478 g/mol. The molecule has 1 heterocycles. The summed E-state index contributed by atoms with van der Waals surface area (Å²) in [5.41, 5.74) is 0.118. The number of halogens is 2. The van der Waals surface area contributed by atoms with Gasteiger partial charge in [-0.2, -0.15) is 0 Å². The first-order chi connectivity index (χ1) is 16.9. The lowest BCUT2D eigenvalue weighted by Gasteiger charge is -2.26. The topological polar surface area (TPSA) is 84.9 Å². The molecule has 4 rings (SSSR count). The van der Waals surface area contributed by atoms with E-state index in [0.29, 0.717) is 34.1 Å². The molecule has 4 amide bonds. The first-order valence-electron chi connectivity index (χ1n) is 10.7. The summed E-state index contributed by atoms with van der Waals surface area (Å²) in [4.78, 5) is 38.3. The fourth-order valence-corrected chi connectivity index (χ4v) is 3.45. The second kappa shape index (κ2) is 10.2. The van der Waals surface area contributed by atoms with Crippen LogP contribution in [-0.2, 0) is 16.2 Å². The number of imide groups is 2. The third-order valence-corrected chi connectivity index (χ3v) is 5.11. The lowest BCUT2D eigenvalue weighted by atomic mass is 10.1. The van der Waals surface area contributed by atoms with Gasteiger partial charge in [0.1, 0.15) is 23.8 Å². The van der Waals surface area contributed by atoms with Crippen molar-refractivity contribution < 1.29 is 32.6 Å². The number of hydrogen-bond donors (Lipinski definition) is 1. The number of carbonyl (C=O) groups is 3. The number of barbiturate groups is 1. The first-order valence-corrected chi connectivity index (χ1v) is 10.7. The summed E-state index contributed by atoms with van der Waals surface area (Å²) < 4.78 is 39.5. The maximum absolute atomic E-state index is 14.2. The number of amides is 4. The number of nitrogens with one attached hydrogen (secondary N) is 1. The number of hydrogen-bond acceptors (Lipinski definition) is 5. The van der Waals surface area contributed by atoms with Gasteiger partial charge in [-0.3, -0.25) is 14.9 Å². The number of para-hydroxylation sites is 1. The van der Waals surface area contributed by atoms with E-state index < -0.39 is 29.5 Å². The second-order valence-corrected chi connectivity index (χ2v) is 7.43. The normalized spacial score (nSPS) is 14.8. The van der Waals surface area contributed by atoms with E-state index in [-0.39, 0.29) is 17.9 Å². The van der Waals surface area contributed by atoms with Gasteiger partial charge in [-0.15, -0.1) is 0 Å². The highest BCUT2D eigenvalue weighted by molar-refractivity contribution is 6.39. The summed E-state index contributed by atoms with van der Waals surface area (Å²) >= 11 is 0. The van der Waals surface area contributed by atoms with Crippen LogP contribution in [0.3, 0.4) is 0 Å². The highest BCUT2D eigenvalue weighted by Gasteiger charge is 2.38. The highest BCUT2D eigenvalue weighted by atomic mass is 19.1. The second-order valence-electron chi connectivity index (χ2n) is 7.43. The highest BCUT2D eigenvalue weighted by Crippen LogP contribution is 2.31. The standard InChI is InChI=1S/C26H20F2N2O5/c1-2-34-23-14-16(11-12-22(23)35-15-17-7-3-4-8-19(17)27)13-18-24(31)29-26(33)30(25(18)32)21-10-6-5-9-20(21)28/h3-14H,2,15H2,1H3,(H,29,31,33). The molecule has 35 heavy (non-hydrogen) atoms. The van der Waals surface area contributed by atoms with Crippen molar-refractivity contribution in [2.45, 2.75) is 13.5 Å². The molecule has 3 aromatic carbocycles. The Bertz CT molecular complexity index is 1340. The molecule has 0 radical (unpaired) electrons. The van der Waals surface area contributed by atoms with Crippen LogP contribution in [0.1, 0.15) is 18.1 Å². The molecule has 0 unspecified atom stereocenters. The minimum atomic E-state index is -1.05. The molecule has 0 saturated carbocycles. The number of nitrogens with zero attached hydrogens (tertiary/aromatic N) is 1. The number of ether oxygens (including phenoxy) is 2. The predicted molar refractivity (Wildman–Crippen MR) is 124 cm³/mol. The Balaban J connectivity index is 1.63. The van der Waals surface area contributed by atoms with Crippen molar-refractivity contribution in [3.05, 3.63) is 95.1 Å². The number of benzene rings is 3. The molecular formula is C26H20F2N2O5. The predicted octanol–water partition coefficient (Wildman–Crippen LogP) is 4.61.